The molecule has 0 bridgehead atoms. The van der Waals surface area contributed by atoms with Crippen LogP contribution in [0.15, 0.2) is 0 Å². The number of nitrogens with zero attached hydrogens (tertiary/aromatic N) is 1. The first-order chi connectivity index (χ1) is 7.23. The highest BCUT2D eigenvalue weighted by Crippen LogP contribution is 2.31. The normalized spacial score (nSPS) is 22.0. The smallest absolute Gasteiger partial charge is 0.309 e. The van der Waals surface area contributed by atoms with Gasteiger partial charge in [0.25, 0.3) is 0 Å². The second kappa shape index (κ2) is 4.74. The SMILES string of the molecule is CC(C)(C)CCN1CCC(C)(C(=O)O)CC1. The van der Waals surface area contributed by atoms with Crippen LogP contribution in [0.4, 0.5) is 0 Å². The molecule has 0 aromatic heterocycles. The van der Waals surface area contributed by atoms with Gasteiger partial charge >= 0.3 is 5.97 Å². The average molecular weight is 227 g/mol. The molecule has 1 fully saturated rings. The molecule has 16 heavy (non-hydrogen) atoms. The number of carboxylic acids is 1. The zero-order valence-corrected chi connectivity index (χ0v) is 11.0. The van der Waals surface area contributed by atoms with Crippen LogP contribution in [0.25, 0.3) is 0 Å². The van der Waals surface area contributed by atoms with Crippen molar-refractivity contribution >= 4 is 5.97 Å². The van der Waals surface area contributed by atoms with Gasteiger partial charge in [-0.2, -0.15) is 0 Å². The van der Waals surface area contributed by atoms with E-state index in [0.29, 0.717) is 5.41 Å². The minimum Gasteiger partial charge on any atom is -0.481 e. The largest absolute Gasteiger partial charge is 0.481 e. The lowest BCUT2D eigenvalue weighted by atomic mass is 9.80. The van der Waals surface area contributed by atoms with E-state index in [1.165, 1.54) is 6.42 Å². The summed E-state index contributed by atoms with van der Waals surface area (Å²) in [5, 5.41) is 9.12. The lowest BCUT2D eigenvalue weighted by Gasteiger charge is -2.37. The maximum absolute atomic E-state index is 11.1. The third kappa shape index (κ3) is 3.78. The topological polar surface area (TPSA) is 40.5 Å². The Hall–Kier alpha value is -0.570. The molecule has 0 radical (unpaired) electrons. The first-order valence-corrected chi connectivity index (χ1v) is 6.19. The lowest BCUT2D eigenvalue weighted by molar-refractivity contribution is -0.150. The van der Waals surface area contributed by atoms with Gasteiger partial charge in [-0.1, -0.05) is 20.8 Å². The molecule has 0 spiro atoms. The van der Waals surface area contributed by atoms with Gasteiger partial charge in [0.2, 0.25) is 0 Å². The van der Waals surface area contributed by atoms with Gasteiger partial charge in [0.05, 0.1) is 5.41 Å². The molecule has 3 nitrogen and oxygen atoms in total. The molecule has 0 atom stereocenters. The summed E-state index contributed by atoms with van der Waals surface area (Å²) >= 11 is 0. The van der Waals surface area contributed by atoms with Gasteiger partial charge in [0, 0.05) is 0 Å². The Balaban J connectivity index is 2.35. The van der Waals surface area contributed by atoms with Crippen molar-refractivity contribution in [3.8, 4) is 0 Å². The van der Waals surface area contributed by atoms with Crippen LogP contribution in [0.1, 0.15) is 47.0 Å². The monoisotopic (exact) mass is 227 g/mol. The van der Waals surface area contributed by atoms with Crippen molar-refractivity contribution in [1.29, 1.82) is 0 Å². The van der Waals surface area contributed by atoms with Crippen LogP contribution in [0.2, 0.25) is 0 Å². The number of carboxylic acid groups (broad SMARTS) is 1. The highest BCUT2D eigenvalue weighted by atomic mass is 16.4. The van der Waals surface area contributed by atoms with Crippen LogP contribution in [0.3, 0.4) is 0 Å². The first-order valence-electron chi connectivity index (χ1n) is 6.19. The minimum atomic E-state index is -0.636. The third-order valence-corrected chi connectivity index (χ3v) is 3.65. The van der Waals surface area contributed by atoms with E-state index in [4.69, 9.17) is 5.11 Å². The minimum absolute atomic E-state index is 0.369. The number of piperidine rings is 1. The second-order valence-corrected chi connectivity index (χ2v) is 6.52. The molecule has 1 rings (SSSR count). The summed E-state index contributed by atoms with van der Waals surface area (Å²) in [4.78, 5) is 13.5. The van der Waals surface area contributed by atoms with E-state index in [0.717, 1.165) is 32.5 Å². The predicted octanol–water partition coefficient (Wildman–Crippen LogP) is 2.61. The van der Waals surface area contributed by atoms with Crippen LogP contribution >= 0.6 is 0 Å². The van der Waals surface area contributed by atoms with E-state index >= 15 is 0 Å². The van der Waals surface area contributed by atoms with Crippen LogP contribution < -0.4 is 0 Å². The number of rotatable bonds is 3. The fourth-order valence-corrected chi connectivity index (χ4v) is 1.98. The molecule has 0 unspecified atom stereocenters. The molecular formula is C13H25NO2. The van der Waals surface area contributed by atoms with Crippen molar-refractivity contribution < 1.29 is 9.90 Å². The van der Waals surface area contributed by atoms with E-state index in [9.17, 15) is 4.79 Å². The number of carbonyl (C=O) groups is 1. The third-order valence-electron chi connectivity index (χ3n) is 3.65. The Labute approximate surface area is 98.8 Å². The van der Waals surface area contributed by atoms with Crippen molar-refractivity contribution in [3.05, 3.63) is 0 Å². The molecule has 1 heterocycles. The van der Waals surface area contributed by atoms with Gasteiger partial charge < -0.3 is 10.0 Å². The summed E-state index contributed by atoms with van der Waals surface area (Å²) in [6.45, 7) is 11.6. The Morgan fingerprint density at radius 1 is 1.31 bits per heavy atom. The average Bonchev–Trinajstić information content (AvgIpc) is 2.15. The van der Waals surface area contributed by atoms with E-state index in [1.54, 1.807) is 0 Å². The summed E-state index contributed by atoms with van der Waals surface area (Å²) < 4.78 is 0. The van der Waals surface area contributed by atoms with Crippen molar-refractivity contribution in [2.24, 2.45) is 10.8 Å². The maximum Gasteiger partial charge on any atom is 0.309 e. The van der Waals surface area contributed by atoms with Crippen LogP contribution in [0.5, 0.6) is 0 Å². The van der Waals surface area contributed by atoms with Gasteiger partial charge in [0.15, 0.2) is 0 Å². The predicted molar refractivity (Wildman–Crippen MR) is 65.5 cm³/mol. The zero-order chi connectivity index (χ0) is 12.4. The van der Waals surface area contributed by atoms with Crippen LogP contribution in [-0.4, -0.2) is 35.6 Å². The van der Waals surface area contributed by atoms with Crippen LogP contribution in [-0.2, 0) is 4.79 Å². The van der Waals surface area contributed by atoms with E-state index in [2.05, 4.69) is 25.7 Å². The molecule has 0 amide bonds. The molecule has 1 aliphatic heterocycles. The van der Waals surface area contributed by atoms with Crippen molar-refractivity contribution in [3.63, 3.8) is 0 Å². The van der Waals surface area contributed by atoms with Gasteiger partial charge in [-0.25, -0.2) is 0 Å². The van der Waals surface area contributed by atoms with Gasteiger partial charge in [-0.3, -0.25) is 4.79 Å². The van der Waals surface area contributed by atoms with Crippen molar-refractivity contribution in [2.75, 3.05) is 19.6 Å². The zero-order valence-electron chi connectivity index (χ0n) is 11.0. The highest BCUT2D eigenvalue weighted by molar-refractivity contribution is 5.74. The number of hydrogen-bond acceptors (Lipinski definition) is 2. The molecule has 0 saturated carbocycles. The molecule has 3 heteroatoms. The summed E-state index contributed by atoms with van der Waals surface area (Å²) in [5.41, 5.74) is -0.119. The van der Waals surface area contributed by atoms with E-state index < -0.39 is 11.4 Å². The molecule has 0 aromatic rings. The first kappa shape index (κ1) is 13.5. The van der Waals surface area contributed by atoms with E-state index in [-0.39, 0.29) is 0 Å². The molecule has 1 N–H and O–H groups in total. The van der Waals surface area contributed by atoms with Gasteiger partial charge in [-0.05, 0) is 51.2 Å². The Bertz CT molecular complexity index is 247. The summed E-state index contributed by atoms with van der Waals surface area (Å²) in [7, 11) is 0. The lowest BCUT2D eigenvalue weighted by Crippen LogP contribution is -2.43. The van der Waals surface area contributed by atoms with E-state index in [1.807, 2.05) is 6.92 Å². The second-order valence-electron chi connectivity index (χ2n) is 6.52. The van der Waals surface area contributed by atoms with Crippen LogP contribution in [0, 0.1) is 10.8 Å². The summed E-state index contributed by atoms with van der Waals surface area (Å²) in [5.74, 6) is -0.636. The summed E-state index contributed by atoms with van der Waals surface area (Å²) in [6.07, 6.45) is 2.75. The molecule has 94 valence electrons. The van der Waals surface area contributed by atoms with Gasteiger partial charge in [-0.15, -0.1) is 0 Å². The molecule has 0 aromatic carbocycles. The maximum atomic E-state index is 11.1. The Kier molecular flexibility index (Phi) is 4.00. The highest BCUT2D eigenvalue weighted by Gasteiger charge is 2.36. The Morgan fingerprint density at radius 2 is 1.81 bits per heavy atom. The molecule has 1 saturated heterocycles. The van der Waals surface area contributed by atoms with Gasteiger partial charge in [0.1, 0.15) is 0 Å². The molecule has 1 aliphatic rings. The standard InChI is InChI=1S/C13H25NO2/c1-12(2,3)5-8-14-9-6-13(4,7-10-14)11(15)16/h5-10H2,1-4H3,(H,15,16). The quantitative estimate of drug-likeness (QED) is 0.805. The van der Waals surface area contributed by atoms with Crippen molar-refractivity contribution in [2.45, 2.75) is 47.0 Å². The Morgan fingerprint density at radius 3 is 2.19 bits per heavy atom. The number of hydrogen-bond donors (Lipinski definition) is 1. The van der Waals surface area contributed by atoms with Crippen molar-refractivity contribution in [1.82, 2.24) is 4.90 Å². The summed E-state index contributed by atoms with van der Waals surface area (Å²) in [6, 6.07) is 0. The molecule has 0 aliphatic carbocycles. The number of aliphatic carboxylic acids is 1. The fourth-order valence-electron chi connectivity index (χ4n) is 1.98. The molecular weight excluding hydrogens is 202 g/mol. The fraction of sp³-hybridized carbons (Fsp3) is 0.923. The number of likely N-dealkylation sites (tertiary alicyclic amines) is 1.